The van der Waals surface area contributed by atoms with Crippen molar-refractivity contribution < 1.29 is 4.57 Å². The number of pyridine rings is 1. The molecule has 0 aliphatic heterocycles. The van der Waals surface area contributed by atoms with Gasteiger partial charge in [0.1, 0.15) is 7.05 Å². The summed E-state index contributed by atoms with van der Waals surface area (Å²) in [4.78, 5) is 0. The summed E-state index contributed by atoms with van der Waals surface area (Å²) in [5, 5.41) is 0. The molecule has 1 aromatic rings. The monoisotopic (exact) mass is 304 g/mol. The quantitative estimate of drug-likeness (QED) is 0.287. The molecule has 22 heavy (non-hydrogen) atoms. The lowest BCUT2D eigenvalue weighted by Crippen LogP contribution is -2.25. The van der Waals surface area contributed by atoms with Gasteiger partial charge in [0, 0.05) is 12.1 Å². The highest BCUT2D eigenvalue weighted by molar-refractivity contribution is 5.06. The summed E-state index contributed by atoms with van der Waals surface area (Å²) in [6.45, 7) is 2.29. The first kappa shape index (κ1) is 19.2. The molecule has 0 saturated carbocycles. The van der Waals surface area contributed by atoms with Gasteiger partial charge in [-0.25, -0.2) is 4.57 Å². The van der Waals surface area contributed by atoms with Crippen molar-refractivity contribution in [3.8, 4) is 0 Å². The molecule has 0 aromatic carbocycles. The van der Waals surface area contributed by atoms with E-state index in [0.717, 1.165) is 0 Å². The van der Waals surface area contributed by atoms with Crippen LogP contribution >= 0.6 is 0 Å². The lowest BCUT2D eigenvalue weighted by molar-refractivity contribution is -0.671. The number of unbranched alkanes of at least 4 members (excludes halogenated alkanes) is 12. The maximum atomic E-state index is 2.29. The second-order valence-electron chi connectivity index (χ2n) is 6.86. The molecule has 0 atom stereocenters. The van der Waals surface area contributed by atoms with Crippen molar-refractivity contribution in [2.75, 3.05) is 0 Å². The number of aromatic nitrogens is 1. The van der Waals surface area contributed by atoms with Crippen LogP contribution < -0.4 is 4.57 Å². The molecule has 126 valence electrons. The Morgan fingerprint density at radius 2 is 1.05 bits per heavy atom. The van der Waals surface area contributed by atoms with E-state index in [1.54, 1.807) is 0 Å². The van der Waals surface area contributed by atoms with E-state index >= 15 is 0 Å². The summed E-state index contributed by atoms with van der Waals surface area (Å²) < 4.78 is 2.10. The van der Waals surface area contributed by atoms with Crippen LogP contribution in [0.4, 0.5) is 0 Å². The first-order valence-corrected chi connectivity index (χ1v) is 9.77. The maximum absolute atomic E-state index is 2.29. The van der Waals surface area contributed by atoms with Crippen molar-refractivity contribution in [1.82, 2.24) is 0 Å². The van der Waals surface area contributed by atoms with E-state index < -0.39 is 0 Å². The summed E-state index contributed by atoms with van der Waals surface area (Å²) in [6.07, 6.45) is 24.2. The molecular formula is C21H38N+. The predicted molar refractivity (Wildman–Crippen MR) is 97.0 cm³/mol. The van der Waals surface area contributed by atoms with Crippen LogP contribution in [-0.4, -0.2) is 0 Å². The topological polar surface area (TPSA) is 3.88 Å². The van der Waals surface area contributed by atoms with Crippen LogP contribution in [0.2, 0.25) is 0 Å². The van der Waals surface area contributed by atoms with Gasteiger partial charge in [-0.05, 0) is 18.4 Å². The lowest BCUT2D eigenvalue weighted by Gasteiger charge is -2.03. The highest BCUT2D eigenvalue weighted by Gasteiger charge is 1.97. The van der Waals surface area contributed by atoms with Gasteiger partial charge >= 0.3 is 0 Å². The molecule has 1 heterocycles. The van der Waals surface area contributed by atoms with E-state index in [-0.39, 0.29) is 0 Å². The third kappa shape index (κ3) is 10.8. The molecule has 0 spiro atoms. The second kappa shape index (κ2) is 13.8. The third-order valence-electron chi connectivity index (χ3n) is 4.62. The molecule has 0 N–H and O–H groups in total. The summed E-state index contributed by atoms with van der Waals surface area (Å²) in [7, 11) is 2.08. The van der Waals surface area contributed by atoms with Crippen molar-refractivity contribution in [3.63, 3.8) is 0 Å². The molecule has 1 nitrogen and oxygen atoms in total. The summed E-state index contributed by atoms with van der Waals surface area (Å²) in [5.74, 6) is 0. The van der Waals surface area contributed by atoms with Gasteiger partial charge in [0.15, 0.2) is 12.4 Å². The fourth-order valence-electron chi connectivity index (χ4n) is 3.05. The van der Waals surface area contributed by atoms with Crippen LogP contribution in [0.5, 0.6) is 0 Å². The van der Waals surface area contributed by atoms with Gasteiger partial charge in [-0.1, -0.05) is 84.0 Å². The maximum Gasteiger partial charge on any atom is 0.168 e. The first-order chi connectivity index (χ1) is 10.8. The number of hydrogen-bond donors (Lipinski definition) is 0. The van der Waals surface area contributed by atoms with E-state index in [9.17, 15) is 0 Å². The van der Waals surface area contributed by atoms with E-state index in [1.807, 2.05) is 0 Å². The van der Waals surface area contributed by atoms with Crippen LogP contribution in [0.15, 0.2) is 24.5 Å². The van der Waals surface area contributed by atoms with Gasteiger partial charge in [0.25, 0.3) is 0 Å². The second-order valence-corrected chi connectivity index (χ2v) is 6.86. The summed E-state index contributed by atoms with van der Waals surface area (Å²) >= 11 is 0. The summed E-state index contributed by atoms with van der Waals surface area (Å²) in [6, 6.07) is 4.50. The Kier molecular flexibility index (Phi) is 12.0. The largest absolute Gasteiger partial charge is 0.208 e. The number of nitrogens with zero attached hydrogens (tertiary/aromatic N) is 1. The van der Waals surface area contributed by atoms with Gasteiger partial charge in [-0.2, -0.15) is 0 Å². The average molecular weight is 305 g/mol. The molecule has 1 rings (SSSR count). The first-order valence-electron chi connectivity index (χ1n) is 9.77. The van der Waals surface area contributed by atoms with Gasteiger partial charge in [-0.15, -0.1) is 0 Å². The molecule has 0 unspecified atom stereocenters. The van der Waals surface area contributed by atoms with Crippen molar-refractivity contribution >= 4 is 0 Å². The number of hydrogen-bond acceptors (Lipinski definition) is 0. The molecule has 0 aliphatic carbocycles. The molecule has 0 saturated heterocycles. The Labute approximate surface area is 139 Å². The number of aryl methyl sites for hydroxylation is 2. The van der Waals surface area contributed by atoms with Crippen LogP contribution in [0.3, 0.4) is 0 Å². The van der Waals surface area contributed by atoms with E-state index in [2.05, 4.69) is 43.1 Å². The third-order valence-corrected chi connectivity index (χ3v) is 4.62. The van der Waals surface area contributed by atoms with Crippen LogP contribution in [0.25, 0.3) is 0 Å². The zero-order chi connectivity index (χ0) is 15.9. The smallest absolute Gasteiger partial charge is 0.168 e. The van der Waals surface area contributed by atoms with Crippen molar-refractivity contribution in [2.24, 2.45) is 7.05 Å². The Bertz CT molecular complexity index is 341. The van der Waals surface area contributed by atoms with E-state index in [0.29, 0.717) is 0 Å². The van der Waals surface area contributed by atoms with Crippen LogP contribution in [0.1, 0.15) is 96.0 Å². The molecule has 1 aromatic heterocycles. The predicted octanol–water partition coefficient (Wildman–Crippen LogP) is 6.14. The minimum atomic E-state index is 1.25. The van der Waals surface area contributed by atoms with E-state index in [1.165, 1.54) is 95.5 Å². The molecule has 0 bridgehead atoms. The van der Waals surface area contributed by atoms with Crippen molar-refractivity contribution in [3.05, 3.63) is 30.1 Å². The summed E-state index contributed by atoms with van der Waals surface area (Å²) in [5.41, 5.74) is 1.49. The molecular weight excluding hydrogens is 266 g/mol. The van der Waals surface area contributed by atoms with Crippen LogP contribution in [0, 0.1) is 0 Å². The van der Waals surface area contributed by atoms with Gasteiger partial charge in [0.05, 0.1) is 0 Å². The number of rotatable bonds is 14. The highest BCUT2D eigenvalue weighted by Crippen LogP contribution is 2.13. The normalized spacial score (nSPS) is 11.0. The van der Waals surface area contributed by atoms with Crippen LogP contribution in [-0.2, 0) is 13.5 Å². The minimum absolute atomic E-state index is 1.25. The molecule has 0 aliphatic rings. The Balaban J connectivity index is 1.79. The Morgan fingerprint density at radius 1 is 0.636 bits per heavy atom. The lowest BCUT2D eigenvalue weighted by atomic mass is 10.0. The highest BCUT2D eigenvalue weighted by atomic mass is 14.9. The zero-order valence-electron chi connectivity index (χ0n) is 15.2. The molecule has 1 heteroatoms. The standard InChI is InChI=1S/C21H38N/c1-3-4-5-6-7-8-9-10-11-12-13-14-15-16-21-17-19-22(2)20-18-21/h17-20H,3-16H2,1-2H3/q+1. The fourth-order valence-corrected chi connectivity index (χ4v) is 3.05. The Hall–Kier alpha value is -0.850. The van der Waals surface area contributed by atoms with Gasteiger partial charge in [-0.3, -0.25) is 0 Å². The zero-order valence-corrected chi connectivity index (χ0v) is 15.2. The van der Waals surface area contributed by atoms with Crippen molar-refractivity contribution in [2.45, 2.75) is 96.8 Å². The molecule has 0 radical (unpaired) electrons. The fraction of sp³-hybridized carbons (Fsp3) is 0.762. The average Bonchev–Trinajstić information content (AvgIpc) is 2.53. The van der Waals surface area contributed by atoms with Gasteiger partial charge < -0.3 is 0 Å². The SMILES string of the molecule is CCCCCCCCCCCCCCCc1cc[n+](C)cc1. The minimum Gasteiger partial charge on any atom is -0.208 e. The van der Waals surface area contributed by atoms with Gasteiger partial charge in [0.2, 0.25) is 0 Å². The van der Waals surface area contributed by atoms with E-state index in [4.69, 9.17) is 0 Å². The molecule has 0 fully saturated rings. The molecule has 0 amide bonds. The Morgan fingerprint density at radius 3 is 1.50 bits per heavy atom. The van der Waals surface area contributed by atoms with Crippen molar-refractivity contribution in [1.29, 1.82) is 0 Å².